The summed E-state index contributed by atoms with van der Waals surface area (Å²) >= 11 is 0. The molecule has 108 valence electrons. The SMILES string of the molecule is CCN(CC)C(CNC[C@H](O)CO)c1ccccc1. The maximum absolute atomic E-state index is 9.37. The molecule has 1 aromatic carbocycles. The Morgan fingerprint density at radius 3 is 2.26 bits per heavy atom. The topological polar surface area (TPSA) is 55.7 Å². The molecule has 2 atom stereocenters. The lowest BCUT2D eigenvalue weighted by Crippen LogP contribution is -2.39. The van der Waals surface area contributed by atoms with Crippen LogP contribution < -0.4 is 5.32 Å². The Bertz CT molecular complexity index is 328. The van der Waals surface area contributed by atoms with E-state index in [9.17, 15) is 5.11 Å². The number of benzene rings is 1. The fraction of sp³-hybridized carbons (Fsp3) is 0.600. The molecule has 0 aromatic heterocycles. The van der Waals surface area contributed by atoms with Gasteiger partial charge in [-0.25, -0.2) is 0 Å². The first kappa shape index (κ1) is 16.1. The summed E-state index contributed by atoms with van der Waals surface area (Å²) < 4.78 is 0. The fourth-order valence-electron chi connectivity index (χ4n) is 2.25. The lowest BCUT2D eigenvalue weighted by Gasteiger charge is -2.30. The van der Waals surface area contributed by atoms with Crippen molar-refractivity contribution in [2.45, 2.75) is 26.0 Å². The van der Waals surface area contributed by atoms with Gasteiger partial charge in [0.15, 0.2) is 0 Å². The Balaban J connectivity index is 2.65. The molecule has 0 aliphatic carbocycles. The summed E-state index contributed by atoms with van der Waals surface area (Å²) in [5, 5.41) is 21.4. The smallest absolute Gasteiger partial charge is 0.0894 e. The maximum Gasteiger partial charge on any atom is 0.0894 e. The van der Waals surface area contributed by atoms with Crippen molar-refractivity contribution in [1.29, 1.82) is 0 Å². The van der Waals surface area contributed by atoms with Crippen molar-refractivity contribution in [3.05, 3.63) is 35.9 Å². The van der Waals surface area contributed by atoms with Crippen LogP contribution in [0.4, 0.5) is 0 Å². The predicted molar refractivity (Wildman–Crippen MR) is 78.1 cm³/mol. The normalized spacial score (nSPS) is 14.6. The van der Waals surface area contributed by atoms with E-state index in [2.05, 4.69) is 48.3 Å². The van der Waals surface area contributed by atoms with E-state index >= 15 is 0 Å². The van der Waals surface area contributed by atoms with Crippen molar-refractivity contribution in [3.8, 4) is 0 Å². The minimum Gasteiger partial charge on any atom is -0.394 e. The standard InChI is InChI=1S/C15H26N2O2/c1-3-17(4-2)15(11-16-10-14(19)12-18)13-8-6-5-7-9-13/h5-9,14-16,18-19H,3-4,10-12H2,1-2H3/t14-,15?/m0/s1. The number of hydrogen-bond donors (Lipinski definition) is 3. The Morgan fingerprint density at radius 2 is 1.74 bits per heavy atom. The van der Waals surface area contributed by atoms with Crippen LogP contribution in [-0.2, 0) is 0 Å². The van der Waals surface area contributed by atoms with Crippen LogP contribution in [0.25, 0.3) is 0 Å². The zero-order valence-electron chi connectivity index (χ0n) is 11.9. The molecular formula is C15H26N2O2. The first-order chi connectivity index (χ1) is 9.22. The van der Waals surface area contributed by atoms with E-state index in [-0.39, 0.29) is 6.61 Å². The minimum atomic E-state index is -0.687. The molecule has 19 heavy (non-hydrogen) atoms. The van der Waals surface area contributed by atoms with Gasteiger partial charge in [0.1, 0.15) is 0 Å². The molecule has 3 N–H and O–H groups in total. The zero-order valence-corrected chi connectivity index (χ0v) is 11.9. The first-order valence-corrected chi connectivity index (χ1v) is 7.01. The zero-order chi connectivity index (χ0) is 14.1. The van der Waals surface area contributed by atoms with Crippen LogP contribution in [0, 0.1) is 0 Å². The highest BCUT2D eigenvalue weighted by molar-refractivity contribution is 5.19. The van der Waals surface area contributed by atoms with Crippen molar-refractivity contribution in [1.82, 2.24) is 10.2 Å². The summed E-state index contributed by atoms with van der Waals surface area (Å²) in [6, 6.07) is 10.7. The Morgan fingerprint density at radius 1 is 1.11 bits per heavy atom. The summed E-state index contributed by atoms with van der Waals surface area (Å²) in [5.74, 6) is 0. The van der Waals surface area contributed by atoms with Gasteiger partial charge in [0.25, 0.3) is 0 Å². The molecule has 0 saturated carbocycles. The molecule has 0 saturated heterocycles. The number of rotatable bonds is 9. The number of hydrogen-bond acceptors (Lipinski definition) is 4. The van der Waals surface area contributed by atoms with E-state index in [1.807, 2.05) is 6.07 Å². The number of aliphatic hydroxyl groups is 2. The van der Waals surface area contributed by atoms with Crippen LogP contribution in [0.1, 0.15) is 25.5 Å². The molecule has 0 heterocycles. The minimum absolute atomic E-state index is 0.200. The van der Waals surface area contributed by atoms with E-state index in [1.165, 1.54) is 5.56 Å². The lowest BCUT2D eigenvalue weighted by molar-refractivity contribution is 0.0917. The average molecular weight is 266 g/mol. The third kappa shape index (κ3) is 5.28. The maximum atomic E-state index is 9.37. The first-order valence-electron chi connectivity index (χ1n) is 7.01. The molecule has 1 rings (SSSR count). The summed E-state index contributed by atoms with van der Waals surface area (Å²) in [4.78, 5) is 2.38. The third-order valence-corrected chi connectivity index (χ3v) is 3.37. The van der Waals surface area contributed by atoms with Gasteiger partial charge in [-0.15, -0.1) is 0 Å². The Hall–Kier alpha value is -0.940. The molecule has 0 spiro atoms. The van der Waals surface area contributed by atoms with Crippen molar-refractivity contribution in [2.75, 3.05) is 32.8 Å². The van der Waals surface area contributed by atoms with Gasteiger partial charge in [-0.1, -0.05) is 44.2 Å². The summed E-state index contributed by atoms with van der Waals surface area (Å²) in [6.45, 7) is 7.27. The summed E-state index contributed by atoms with van der Waals surface area (Å²) in [5.41, 5.74) is 1.28. The molecule has 0 aliphatic heterocycles. The van der Waals surface area contributed by atoms with Crippen molar-refractivity contribution < 1.29 is 10.2 Å². The lowest BCUT2D eigenvalue weighted by atomic mass is 10.1. The van der Waals surface area contributed by atoms with Crippen LogP contribution in [-0.4, -0.2) is 54.0 Å². The van der Waals surface area contributed by atoms with Gasteiger partial charge < -0.3 is 15.5 Å². The molecule has 4 nitrogen and oxygen atoms in total. The van der Waals surface area contributed by atoms with E-state index in [0.29, 0.717) is 12.6 Å². The highest BCUT2D eigenvalue weighted by Gasteiger charge is 2.17. The second-order valence-corrected chi connectivity index (χ2v) is 4.64. The predicted octanol–water partition coefficient (Wildman–Crippen LogP) is 1.01. The summed E-state index contributed by atoms with van der Waals surface area (Å²) in [7, 11) is 0. The second kappa shape index (κ2) is 9.04. The van der Waals surface area contributed by atoms with Gasteiger partial charge in [0, 0.05) is 19.1 Å². The van der Waals surface area contributed by atoms with Crippen LogP contribution in [0.15, 0.2) is 30.3 Å². The molecular weight excluding hydrogens is 240 g/mol. The fourth-order valence-corrected chi connectivity index (χ4v) is 2.25. The van der Waals surface area contributed by atoms with Crippen LogP contribution in [0.3, 0.4) is 0 Å². The van der Waals surface area contributed by atoms with Gasteiger partial charge in [-0.05, 0) is 18.7 Å². The van der Waals surface area contributed by atoms with Gasteiger partial charge in [-0.2, -0.15) is 0 Å². The average Bonchev–Trinajstić information content (AvgIpc) is 2.47. The van der Waals surface area contributed by atoms with E-state index < -0.39 is 6.10 Å². The van der Waals surface area contributed by atoms with E-state index in [4.69, 9.17) is 5.11 Å². The molecule has 0 amide bonds. The number of nitrogens with one attached hydrogen (secondary N) is 1. The van der Waals surface area contributed by atoms with E-state index in [1.54, 1.807) is 0 Å². The van der Waals surface area contributed by atoms with Gasteiger partial charge in [-0.3, -0.25) is 4.90 Å². The molecule has 0 bridgehead atoms. The summed E-state index contributed by atoms with van der Waals surface area (Å²) in [6.07, 6.45) is -0.687. The molecule has 1 aromatic rings. The molecule has 0 aliphatic rings. The van der Waals surface area contributed by atoms with Gasteiger partial charge >= 0.3 is 0 Å². The highest BCUT2D eigenvalue weighted by atomic mass is 16.3. The van der Waals surface area contributed by atoms with Gasteiger partial charge in [0.2, 0.25) is 0 Å². The van der Waals surface area contributed by atoms with Crippen LogP contribution >= 0.6 is 0 Å². The highest BCUT2D eigenvalue weighted by Crippen LogP contribution is 2.19. The number of aliphatic hydroxyl groups excluding tert-OH is 2. The second-order valence-electron chi connectivity index (χ2n) is 4.64. The third-order valence-electron chi connectivity index (χ3n) is 3.37. The Labute approximate surface area is 116 Å². The van der Waals surface area contributed by atoms with E-state index in [0.717, 1.165) is 19.6 Å². The molecule has 0 radical (unpaired) electrons. The molecule has 4 heteroatoms. The molecule has 0 fully saturated rings. The van der Waals surface area contributed by atoms with Crippen LogP contribution in [0.5, 0.6) is 0 Å². The largest absolute Gasteiger partial charge is 0.394 e. The number of nitrogens with zero attached hydrogens (tertiary/aromatic N) is 1. The van der Waals surface area contributed by atoms with Crippen molar-refractivity contribution >= 4 is 0 Å². The van der Waals surface area contributed by atoms with Crippen molar-refractivity contribution in [3.63, 3.8) is 0 Å². The van der Waals surface area contributed by atoms with Crippen LogP contribution in [0.2, 0.25) is 0 Å². The number of likely N-dealkylation sites (N-methyl/N-ethyl adjacent to an activating group) is 1. The molecule has 1 unspecified atom stereocenters. The van der Waals surface area contributed by atoms with Gasteiger partial charge in [0.05, 0.1) is 12.7 Å². The monoisotopic (exact) mass is 266 g/mol. The quantitative estimate of drug-likeness (QED) is 0.624. The van der Waals surface area contributed by atoms with Crippen molar-refractivity contribution in [2.24, 2.45) is 0 Å². The Kier molecular flexibility index (Phi) is 7.67.